The summed E-state index contributed by atoms with van der Waals surface area (Å²) in [7, 11) is -4.26. The van der Waals surface area contributed by atoms with Crippen molar-refractivity contribution in [3.8, 4) is 5.75 Å². The monoisotopic (exact) mass is 543 g/mol. The van der Waals surface area contributed by atoms with Gasteiger partial charge >= 0.3 is 19.4 Å². The first kappa shape index (κ1) is 28.2. The van der Waals surface area contributed by atoms with Crippen molar-refractivity contribution in [2.24, 2.45) is 0 Å². The number of hydrogen-bond acceptors (Lipinski definition) is 10. The van der Waals surface area contributed by atoms with Crippen molar-refractivity contribution >= 4 is 25.9 Å². The zero-order chi connectivity index (χ0) is 26.7. The summed E-state index contributed by atoms with van der Waals surface area (Å²) in [5.41, 5.74) is -2.27. The number of aliphatic hydroxyl groups excluding tert-OH is 2. The first-order valence-corrected chi connectivity index (χ1v) is 13.1. The highest BCUT2D eigenvalue weighted by Crippen LogP contribution is 2.47. The van der Waals surface area contributed by atoms with Crippen LogP contribution in [0.5, 0.6) is 5.75 Å². The number of nitrogens with one attached hydrogen (secondary N) is 2. The summed E-state index contributed by atoms with van der Waals surface area (Å²) in [5, 5.41) is 23.9. The Kier molecular flexibility index (Phi) is 8.88. The van der Waals surface area contributed by atoms with Crippen LogP contribution in [-0.2, 0) is 23.4 Å². The number of aliphatic hydroxyl groups is 2. The van der Waals surface area contributed by atoms with E-state index in [0.29, 0.717) is 0 Å². The van der Waals surface area contributed by atoms with E-state index in [1.807, 2.05) is 0 Å². The van der Waals surface area contributed by atoms with Crippen molar-refractivity contribution in [3.63, 3.8) is 0 Å². The third-order valence-corrected chi connectivity index (χ3v) is 7.17. The van der Waals surface area contributed by atoms with E-state index in [1.165, 1.54) is 26.1 Å². The molecule has 0 amide bonds. The third-order valence-electron chi connectivity index (χ3n) is 5.30. The topological polar surface area (TPSA) is 161 Å². The van der Waals surface area contributed by atoms with Crippen LogP contribution in [0, 0.1) is 4.64 Å². The molecule has 0 aliphatic carbocycles. The molecular formula is C22H30N3O9PS. The van der Waals surface area contributed by atoms with E-state index >= 15 is 0 Å². The van der Waals surface area contributed by atoms with Crippen molar-refractivity contribution in [2.45, 2.75) is 63.9 Å². The second kappa shape index (κ2) is 11.3. The summed E-state index contributed by atoms with van der Waals surface area (Å²) in [5.74, 6) is -0.482. The molecule has 36 heavy (non-hydrogen) atoms. The lowest BCUT2D eigenvalue weighted by atomic mass is 9.99. The zero-order valence-corrected chi connectivity index (χ0v) is 21.9. The minimum atomic E-state index is -4.26. The van der Waals surface area contributed by atoms with E-state index in [0.717, 1.165) is 4.57 Å². The molecule has 1 aliphatic heterocycles. The number of nitrogens with zero attached hydrogens (tertiary/aromatic N) is 1. The molecule has 1 aromatic carbocycles. The second-order valence-corrected chi connectivity index (χ2v) is 10.9. The number of H-pyrrole nitrogens is 1. The molecule has 198 valence electrons. The SMILES string of the molecule is CC(C)OC(=O)[C@H](C)NP(=O)(OC[C@@]1(C)O[C@@H](n2ccc(=S)[nH]c2=O)[C@@H](O)[C@H]1O)Oc1ccccc1. The number of carbonyl (C=O) groups is 1. The molecule has 6 atom stereocenters. The lowest BCUT2D eigenvalue weighted by molar-refractivity contribution is -0.149. The van der Waals surface area contributed by atoms with Gasteiger partial charge in [0.1, 0.15) is 34.2 Å². The molecule has 3 rings (SSSR count). The zero-order valence-electron chi connectivity index (χ0n) is 20.2. The Morgan fingerprint density at radius 3 is 2.56 bits per heavy atom. The predicted octanol–water partition coefficient (Wildman–Crippen LogP) is 2.05. The van der Waals surface area contributed by atoms with Gasteiger partial charge in [-0.2, -0.15) is 5.09 Å². The Balaban J connectivity index is 1.81. The van der Waals surface area contributed by atoms with Gasteiger partial charge in [-0.05, 0) is 45.9 Å². The Morgan fingerprint density at radius 1 is 1.28 bits per heavy atom. The average Bonchev–Trinajstić information content (AvgIpc) is 3.02. The second-order valence-electron chi connectivity index (χ2n) is 8.79. The number of benzene rings is 1. The van der Waals surface area contributed by atoms with Crippen LogP contribution in [0.4, 0.5) is 0 Å². The van der Waals surface area contributed by atoms with Gasteiger partial charge < -0.3 is 24.2 Å². The maximum atomic E-state index is 13.7. The quantitative estimate of drug-likeness (QED) is 0.197. The molecule has 2 heterocycles. The van der Waals surface area contributed by atoms with Gasteiger partial charge in [-0.3, -0.25) is 18.9 Å². The van der Waals surface area contributed by atoms with E-state index in [4.69, 9.17) is 30.7 Å². The summed E-state index contributed by atoms with van der Waals surface area (Å²) < 4.78 is 37.1. The molecule has 0 radical (unpaired) electrons. The largest absolute Gasteiger partial charge is 0.462 e. The highest BCUT2D eigenvalue weighted by atomic mass is 32.1. The van der Waals surface area contributed by atoms with Crippen molar-refractivity contribution in [3.05, 3.63) is 57.7 Å². The van der Waals surface area contributed by atoms with Crippen molar-refractivity contribution in [1.29, 1.82) is 0 Å². The maximum absolute atomic E-state index is 13.7. The van der Waals surface area contributed by atoms with Crippen LogP contribution in [0.15, 0.2) is 47.4 Å². The fourth-order valence-electron chi connectivity index (χ4n) is 3.45. The van der Waals surface area contributed by atoms with Crippen molar-refractivity contribution in [1.82, 2.24) is 14.6 Å². The van der Waals surface area contributed by atoms with E-state index in [2.05, 4.69) is 10.1 Å². The van der Waals surface area contributed by atoms with Crippen LogP contribution in [0.25, 0.3) is 0 Å². The Hall–Kier alpha value is -2.38. The fourth-order valence-corrected chi connectivity index (χ4v) is 5.18. The lowest BCUT2D eigenvalue weighted by Crippen LogP contribution is -2.45. The van der Waals surface area contributed by atoms with Gasteiger partial charge in [0.25, 0.3) is 0 Å². The minimum absolute atomic E-state index is 0.186. The lowest BCUT2D eigenvalue weighted by Gasteiger charge is -2.30. The first-order chi connectivity index (χ1) is 16.8. The number of para-hydroxylation sites is 1. The van der Waals surface area contributed by atoms with E-state index in [9.17, 15) is 24.4 Å². The Bertz CT molecular complexity index is 1220. The molecule has 0 spiro atoms. The van der Waals surface area contributed by atoms with Crippen LogP contribution in [0.1, 0.15) is 33.9 Å². The normalized spacial score (nSPS) is 26.4. The van der Waals surface area contributed by atoms with Crippen LogP contribution < -0.4 is 15.3 Å². The van der Waals surface area contributed by atoms with Gasteiger partial charge in [-0.15, -0.1) is 0 Å². The van der Waals surface area contributed by atoms with Gasteiger partial charge in [-0.25, -0.2) is 9.36 Å². The third kappa shape index (κ3) is 6.68. The molecule has 0 bridgehead atoms. The average molecular weight is 544 g/mol. The molecule has 1 aliphatic rings. The smallest absolute Gasteiger partial charge is 0.459 e. The van der Waals surface area contributed by atoms with E-state index in [1.54, 1.807) is 44.2 Å². The van der Waals surface area contributed by atoms with E-state index < -0.39 is 62.2 Å². The molecular weight excluding hydrogens is 513 g/mol. The Morgan fingerprint density at radius 2 is 1.94 bits per heavy atom. The number of rotatable bonds is 10. The first-order valence-electron chi connectivity index (χ1n) is 11.2. The Labute approximate surface area is 212 Å². The number of esters is 1. The van der Waals surface area contributed by atoms with E-state index in [-0.39, 0.29) is 10.4 Å². The van der Waals surface area contributed by atoms with Gasteiger partial charge in [0, 0.05) is 6.20 Å². The molecule has 1 aromatic heterocycles. The standard InChI is InChI=1S/C22H30N3O9PS/c1-13(2)32-20(28)14(3)24-35(30,34-15-8-6-5-7-9-15)31-12-22(4)18(27)17(26)19(33-22)25-11-10-16(36)23-21(25)29/h5-11,13-14,17-19,26-27H,12H2,1-4H3,(H,24,30)(H,23,29,36)/t14-,17-,18+,19+,22+,35?/m0/s1. The molecule has 2 aromatic rings. The fraction of sp³-hybridized carbons (Fsp3) is 0.500. The van der Waals surface area contributed by atoms with Crippen molar-refractivity contribution < 1.29 is 38.1 Å². The minimum Gasteiger partial charge on any atom is -0.462 e. The molecule has 1 unspecified atom stereocenters. The summed E-state index contributed by atoms with van der Waals surface area (Å²) in [6, 6.07) is 8.49. The van der Waals surface area contributed by atoms with Crippen LogP contribution in [0.2, 0.25) is 0 Å². The maximum Gasteiger partial charge on any atom is 0.459 e. The molecule has 1 saturated heterocycles. The molecule has 14 heteroatoms. The van der Waals surface area contributed by atoms with Crippen LogP contribution >= 0.6 is 20.0 Å². The predicted molar refractivity (Wildman–Crippen MR) is 131 cm³/mol. The number of hydrogen-bond donors (Lipinski definition) is 4. The number of aromatic nitrogens is 2. The van der Waals surface area contributed by atoms with Crippen LogP contribution in [0.3, 0.4) is 0 Å². The molecule has 4 N–H and O–H groups in total. The number of ether oxygens (including phenoxy) is 2. The van der Waals surface area contributed by atoms with Gasteiger partial charge in [0.15, 0.2) is 6.23 Å². The highest BCUT2D eigenvalue weighted by molar-refractivity contribution is 7.71. The summed E-state index contributed by atoms with van der Waals surface area (Å²) >= 11 is 4.92. The highest BCUT2D eigenvalue weighted by Gasteiger charge is 2.53. The van der Waals surface area contributed by atoms with Crippen molar-refractivity contribution in [2.75, 3.05) is 6.61 Å². The summed E-state index contributed by atoms with van der Waals surface area (Å²) in [6.45, 7) is 5.66. The van der Waals surface area contributed by atoms with Crippen LogP contribution in [-0.4, -0.2) is 62.3 Å². The molecule has 1 fully saturated rings. The molecule has 12 nitrogen and oxygen atoms in total. The number of aromatic amines is 1. The molecule has 0 saturated carbocycles. The number of carbonyl (C=O) groups excluding carboxylic acids is 1. The van der Waals surface area contributed by atoms with Gasteiger partial charge in [0.05, 0.1) is 12.7 Å². The van der Waals surface area contributed by atoms with Gasteiger partial charge in [0.2, 0.25) is 0 Å². The summed E-state index contributed by atoms with van der Waals surface area (Å²) in [6.07, 6.45) is -3.42. The summed E-state index contributed by atoms with van der Waals surface area (Å²) in [4.78, 5) is 27.0. The van der Waals surface area contributed by atoms with Gasteiger partial charge in [-0.1, -0.05) is 30.4 Å².